The first-order chi connectivity index (χ1) is 10.7. The van der Waals surface area contributed by atoms with Crippen LogP contribution in [0.15, 0.2) is 0 Å². The van der Waals surface area contributed by atoms with Crippen molar-refractivity contribution in [3.8, 4) is 0 Å². The summed E-state index contributed by atoms with van der Waals surface area (Å²) in [4.78, 5) is 17.0. The average Bonchev–Trinajstić information content (AvgIpc) is 3.07. The van der Waals surface area contributed by atoms with Gasteiger partial charge in [0.1, 0.15) is 0 Å². The van der Waals surface area contributed by atoms with Gasteiger partial charge in [0.15, 0.2) is 9.84 Å². The van der Waals surface area contributed by atoms with Crippen LogP contribution in [0.2, 0.25) is 0 Å². The van der Waals surface area contributed by atoms with Crippen molar-refractivity contribution in [2.45, 2.75) is 52.1 Å². The van der Waals surface area contributed by atoms with Crippen LogP contribution in [-0.4, -0.2) is 73.9 Å². The summed E-state index contributed by atoms with van der Waals surface area (Å²) in [5.41, 5.74) is 5.94. The van der Waals surface area contributed by atoms with E-state index in [1.165, 1.54) is 0 Å². The van der Waals surface area contributed by atoms with E-state index in [0.717, 1.165) is 25.9 Å². The molecule has 1 amide bonds. The third-order valence-corrected chi connectivity index (χ3v) is 7.13. The molecule has 6 nitrogen and oxygen atoms in total. The van der Waals surface area contributed by atoms with Crippen LogP contribution < -0.4 is 5.73 Å². The maximum Gasteiger partial charge on any atom is 0.239 e. The van der Waals surface area contributed by atoms with Crippen LogP contribution in [0.1, 0.15) is 40.0 Å². The van der Waals surface area contributed by atoms with Crippen molar-refractivity contribution in [1.29, 1.82) is 0 Å². The van der Waals surface area contributed by atoms with Crippen molar-refractivity contribution >= 4 is 28.2 Å². The number of amides is 1. The molecule has 0 radical (unpaired) electrons. The number of nitrogens with two attached hydrogens (primary N) is 1. The van der Waals surface area contributed by atoms with Crippen molar-refractivity contribution in [1.82, 2.24) is 9.80 Å². The maximum absolute atomic E-state index is 13.0. The monoisotopic (exact) mass is 381 g/mol. The Kier molecular flexibility index (Phi) is 7.53. The molecule has 2 N–H and O–H groups in total. The third kappa shape index (κ3) is 4.84. The number of hydrogen-bond acceptors (Lipinski definition) is 5. The number of carbonyl (C=O) groups excluding carboxylic acids is 1. The maximum atomic E-state index is 13.0. The van der Waals surface area contributed by atoms with Gasteiger partial charge in [0, 0.05) is 19.1 Å². The lowest BCUT2D eigenvalue weighted by molar-refractivity contribution is -0.138. The summed E-state index contributed by atoms with van der Waals surface area (Å²) in [6.45, 7) is 9.10. The zero-order valence-electron chi connectivity index (χ0n) is 15.0. The molecule has 0 aromatic rings. The second-order valence-corrected chi connectivity index (χ2v) is 9.73. The minimum Gasteiger partial charge on any atom is -0.337 e. The number of sulfone groups is 1. The summed E-state index contributed by atoms with van der Waals surface area (Å²) in [5, 5.41) is 0. The number of halogens is 1. The van der Waals surface area contributed by atoms with Gasteiger partial charge in [-0.2, -0.15) is 0 Å². The smallest absolute Gasteiger partial charge is 0.239 e. The van der Waals surface area contributed by atoms with E-state index >= 15 is 0 Å². The highest BCUT2D eigenvalue weighted by molar-refractivity contribution is 7.91. The molecule has 2 heterocycles. The van der Waals surface area contributed by atoms with Gasteiger partial charge in [0.2, 0.25) is 5.91 Å². The fourth-order valence-electron chi connectivity index (χ4n) is 3.69. The lowest BCUT2D eigenvalue weighted by atomic mass is 9.90. The summed E-state index contributed by atoms with van der Waals surface area (Å²) < 4.78 is 23.5. The Morgan fingerprint density at radius 2 is 2.12 bits per heavy atom. The molecule has 0 aromatic heterocycles. The van der Waals surface area contributed by atoms with E-state index < -0.39 is 9.84 Å². The van der Waals surface area contributed by atoms with E-state index in [0.29, 0.717) is 19.5 Å². The first-order valence-electron chi connectivity index (χ1n) is 8.66. The van der Waals surface area contributed by atoms with Crippen molar-refractivity contribution in [3.05, 3.63) is 0 Å². The van der Waals surface area contributed by atoms with Gasteiger partial charge in [-0.25, -0.2) is 8.42 Å². The molecule has 3 unspecified atom stereocenters. The van der Waals surface area contributed by atoms with Crippen LogP contribution >= 0.6 is 12.4 Å². The normalized spacial score (nSPS) is 30.8. The molecule has 142 valence electrons. The number of carbonyl (C=O) groups is 1. The highest BCUT2D eigenvalue weighted by Crippen LogP contribution is 2.30. The minimum absolute atomic E-state index is 0. The van der Waals surface area contributed by atoms with Gasteiger partial charge in [0.25, 0.3) is 0 Å². The first-order valence-corrected chi connectivity index (χ1v) is 10.5. The second kappa shape index (κ2) is 8.34. The van der Waals surface area contributed by atoms with Crippen LogP contribution in [0.25, 0.3) is 0 Å². The molecule has 0 aliphatic carbocycles. The molecule has 0 spiro atoms. The van der Waals surface area contributed by atoms with Crippen LogP contribution in [0.3, 0.4) is 0 Å². The zero-order chi connectivity index (χ0) is 17.3. The van der Waals surface area contributed by atoms with Crippen LogP contribution in [0.4, 0.5) is 0 Å². The van der Waals surface area contributed by atoms with Crippen LogP contribution in [-0.2, 0) is 14.6 Å². The Balaban J connectivity index is 0.00000288. The fourth-order valence-corrected chi connectivity index (χ4v) is 5.42. The molecule has 2 aliphatic rings. The largest absolute Gasteiger partial charge is 0.337 e. The molecule has 0 bridgehead atoms. The lowest BCUT2D eigenvalue weighted by Crippen LogP contribution is -2.51. The zero-order valence-corrected chi connectivity index (χ0v) is 16.7. The Hall–Kier alpha value is -0.370. The van der Waals surface area contributed by atoms with Crippen molar-refractivity contribution in [3.63, 3.8) is 0 Å². The lowest BCUT2D eigenvalue weighted by Gasteiger charge is -2.34. The predicted molar refractivity (Wildman–Crippen MR) is 99.1 cm³/mol. The SMILES string of the molecule is CCCN(C(=O)C(C)N1CCC(C)(CN)C1)C1CCS(=O)(=O)C1.Cl. The van der Waals surface area contributed by atoms with Crippen molar-refractivity contribution in [2.24, 2.45) is 11.1 Å². The van der Waals surface area contributed by atoms with Gasteiger partial charge < -0.3 is 10.6 Å². The number of rotatable bonds is 6. The van der Waals surface area contributed by atoms with Gasteiger partial charge in [-0.05, 0) is 44.7 Å². The van der Waals surface area contributed by atoms with Crippen molar-refractivity contribution in [2.75, 3.05) is 37.7 Å². The molecule has 2 fully saturated rings. The van der Waals surface area contributed by atoms with Gasteiger partial charge in [-0.3, -0.25) is 9.69 Å². The van der Waals surface area contributed by atoms with Crippen LogP contribution in [0, 0.1) is 5.41 Å². The number of likely N-dealkylation sites (tertiary alicyclic amines) is 1. The second-order valence-electron chi connectivity index (χ2n) is 7.50. The van der Waals surface area contributed by atoms with E-state index in [1.807, 2.05) is 18.7 Å². The average molecular weight is 382 g/mol. The Labute approximate surface area is 152 Å². The summed E-state index contributed by atoms with van der Waals surface area (Å²) in [7, 11) is -2.98. The molecule has 24 heavy (non-hydrogen) atoms. The van der Waals surface area contributed by atoms with E-state index in [1.54, 1.807) is 0 Å². The van der Waals surface area contributed by atoms with E-state index in [4.69, 9.17) is 5.73 Å². The summed E-state index contributed by atoms with van der Waals surface area (Å²) in [5.74, 6) is 0.385. The molecule has 0 aromatic carbocycles. The highest BCUT2D eigenvalue weighted by Gasteiger charge is 2.40. The highest BCUT2D eigenvalue weighted by atomic mass is 35.5. The molecule has 2 aliphatic heterocycles. The van der Waals surface area contributed by atoms with E-state index in [2.05, 4.69) is 11.8 Å². The molecule has 3 atom stereocenters. The summed E-state index contributed by atoms with van der Waals surface area (Å²) >= 11 is 0. The number of nitrogens with zero attached hydrogens (tertiary/aromatic N) is 2. The quantitative estimate of drug-likeness (QED) is 0.738. The first kappa shape index (κ1) is 21.7. The Morgan fingerprint density at radius 1 is 1.46 bits per heavy atom. The summed E-state index contributed by atoms with van der Waals surface area (Å²) in [6.07, 6.45) is 2.42. The van der Waals surface area contributed by atoms with Gasteiger partial charge in [-0.15, -0.1) is 12.4 Å². The topological polar surface area (TPSA) is 83.7 Å². The molecule has 0 saturated carbocycles. The number of hydrogen-bond donors (Lipinski definition) is 1. The van der Waals surface area contributed by atoms with Crippen LogP contribution in [0.5, 0.6) is 0 Å². The molecule has 2 rings (SSSR count). The van der Waals surface area contributed by atoms with Gasteiger partial charge in [0.05, 0.1) is 17.5 Å². The Bertz CT molecular complexity index is 543. The van der Waals surface area contributed by atoms with Gasteiger partial charge in [-0.1, -0.05) is 13.8 Å². The van der Waals surface area contributed by atoms with Crippen molar-refractivity contribution < 1.29 is 13.2 Å². The standard InChI is InChI=1S/C16H31N3O3S.ClH/c1-4-7-19(14-5-9-23(21,22)10-14)15(20)13(2)18-8-6-16(3,11-17)12-18;/h13-14H,4-12,17H2,1-3H3;1H. The molecular weight excluding hydrogens is 350 g/mol. The minimum atomic E-state index is -2.98. The Morgan fingerprint density at radius 3 is 2.58 bits per heavy atom. The molecule has 8 heteroatoms. The van der Waals surface area contributed by atoms with E-state index in [-0.39, 0.29) is 47.3 Å². The summed E-state index contributed by atoms with van der Waals surface area (Å²) in [6, 6.07) is -0.364. The molecular formula is C16H32ClN3O3S. The predicted octanol–water partition coefficient (Wildman–Crippen LogP) is 0.893. The van der Waals surface area contributed by atoms with Gasteiger partial charge >= 0.3 is 0 Å². The third-order valence-electron chi connectivity index (χ3n) is 5.38. The van der Waals surface area contributed by atoms with E-state index in [9.17, 15) is 13.2 Å². The molecule has 2 saturated heterocycles. The fraction of sp³-hybridized carbons (Fsp3) is 0.938.